The molecule has 3 aromatic rings. The molecule has 6 heteroatoms. The first kappa shape index (κ1) is 21.0. The van der Waals surface area contributed by atoms with Gasteiger partial charge >= 0.3 is 0 Å². The van der Waals surface area contributed by atoms with Gasteiger partial charge in [-0.15, -0.1) is 0 Å². The van der Waals surface area contributed by atoms with Gasteiger partial charge in [-0.2, -0.15) is 0 Å². The second-order valence-electron chi connectivity index (χ2n) is 6.86. The Hall–Kier alpha value is -3.67. The molecule has 0 saturated carbocycles. The van der Waals surface area contributed by atoms with E-state index in [0.717, 1.165) is 11.1 Å². The molecule has 1 atom stereocenters. The highest BCUT2D eigenvalue weighted by atomic mass is 19.1. The lowest BCUT2D eigenvalue weighted by molar-refractivity contribution is -0.118. The number of carbonyl (C=O) groups excluding carboxylic acids is 2. The number of rotatable bonds is 7. The quantitative estimate of drug-likeness (QED) is 0.601. The van der Waals surface area contributed by atoms with Gasteiger partial charge in [-0.05, 0) is 49.2 Å². The minimum Gasteiger partial charge on any atom is -0.483 e. The highest BCUT2D eigenvalue weighted by molar-refractivity contribution is 5.97. The summed E-state index contributed by atoms with van der Waals surface area (Å²) in [5.41, 5.74) is 2.49. The molecular formula is C24H23FN2O3. The highest BCUT2D eigenvalue weighted by Crippen LogP contribution is 2.21. The topological polar surface area (TPSA) is 67.4 Å². The number of anilines is 1. The fourth-order valence-corrected chi connectivity index (χ4v) is 3.10. The largest absolute Gasteiger partial charge is 0.483 e. The van der Waals surface area contributed by atoms with Crippen molar-refractivity contribution in [1.29, 1.82) is 0 Å². The predicted octanol–water partition coefficient (Wildman–Crippen LogP) is 4.64. The normalized spacial score (nSPS) is 11.4. The Morgan fingerprint density at radius 2 is 1.63 bits per heavy atom. The summed E-state index contributed by atoms with van der Waals surface area (Å²) >= 11 is 0. The molecule has 3 rings (SSSR count). The van der Waals surface area contributed by atoms with Crippen molar-refractivity contribution in [3.05, 3.63) is 95.3 Å². The molecule has 5 nitrogen and oxygen atoms in total. The zero-order chi connectivity index (χ0) is 21.5. The number of amides is 2. The van der Waals surface area contributed by atoms with Gasteiger partial charge in [-0.25, -0.2) is 4.39 Å². The van der Waals surface area contributed by atoms with E-state index < -0.39 is 11.7 Å². The van der Waals surface area contributed by atoms with Crippen LogP contribution in [0.15, 0.2) is 72.8 Å². The van der Waals surface area contributed by atoms with Crippen LogP contribution in [0.3, 0.4) is 0 Å². The first-order valence-electron chi connectivity index (χ1n) is 9.58. The molecule has 0 aliphatic carbocycles. The monoisotopic (exact) mass is 406 g/mol. The molecule has 0 heterocycles. The molecule has 2 amide bonds. The van der Waals surface area contributed by atoms with Crippen LogP contribution in [-0.2, 0) is 4.79 Å². The van der Waals surface area contributed by atoms with Crippen molar-refractivity contribution in [2.75, 3.05) is 11.9 Å². The summed E-state index contributed by atoms with van der Waals surface area (Å²) in [5, 5.41) is 5.41. The molecule has 0 fully saturated rings. The molecule has 0 aliphatic rings. The van der Waals surface area contributed by atoms with Crippen LogP contribution in [0.4, 0.5) is 10.1 Å². The number of ether oxygens (including phenoxy) is 1. The fraction of sp³-hybridized carbons (Fsp3) is 0.167. The van der Waals surface area contributed by atoms with Crippen LogP contribution >= 0.6 is 0 Å². The van der Waals surface area contributed by atoms with Crippen LogP contribution < -0.4 is 15.4 Å². The van der Waals surface area contributed by atoms with Gasteiger partial charge in [0.15, 0.2) is 6.61 Å². The summed E-state index contributed by atoms with van der Waals surface area (Å²) in [6.45, 7) is 3.54. The van der Waals surface area contributed by atoms with E-state index in [1.54, 1.807) is 30.3 Å². The van der Waals surface area contributed by atoms with Crippen LogP contribution in [0.2, 0.25) is 0 Å². The molecule has 0 aromatic heterocycles. The summed E-state index contributed by atoms with van der Waals surface area (Å²) in [4.78, 5) is 24.9. The molecule has 0 aliphatic heterocycles. The van der Waals surface area contributed by atoms with Crippen LogP contribution in [0.5, 0.6) is 5.75 Å². The van der Waals surface area contributed by atoms with Crippen molar-refractivity contribution < 1.29 is 18.7 Å². The number of hydrogen-bond donors (Lipinski definition) is 2. The molecule has 30 heavy (non-hydrogen) atoms. The summed E-state index contributed by atoms with van der Waals surface area (Å²) in [5.74, 6) is -1.09. The first-order valence-corrected chi connectivity index (χ1v) is 9.58. The van der Waals surface area contributed by atoms with Gasteiger partial charge in [0.05, 0.1) is 17.3 Å². The maximum absolute atomic E-state index is 13.7. The summed E-state index contributed by atoms with van der Waals surface area (Å²) in [7, 11) is 0. The van der Waals surface area contributed by atoms with E-state index in [1.807, 2.05) is 38.1 Å². The van der Waals surface area contributed by atoms with E-state index >= 15 is 0 Å². The third kappa shape index (κ3) is 5.23. The molecule has 0 radical (unpaired) electrons. The molecule has 3 aromatic carbocycles. The number of para-hydroxylation sites is 2. The van der Waals surface area contributed by atoms with Crippen LogP contribution in [-0.4, -0.2) is 18.4 Å². The van der Waals surface area contributed by atoms with Gasteiger partial charge < -0.3 is 15.4 Å². The van der Waals surface area contributed by atoms with Crippen molar-refractivity contribution in [1.82, 2.24) is 5.32 Å². The number of carbonyl (C=O) groups is 2. The Morgan fingerprint density at radius 1 is 0.967 bits per heavy atom. The second-order valence-corrected chi connectivity index (χ2v) is 6.86. The third-order valence-electron chi connectivity index (χ3n) is 4.64. The Labute approximate surface area is 174 Å². The highest BCUT2D eigenvalue weighted by Gasteiger charge is 2.17. The van der Waals surface area contributed by atoms with Crippen molar-refractivity contribution >= 4 is 17.5 Å². The van der Waals surface area contributed by atoms with E-state index in [9.17, 15) is 14.0 Å². The molecular weight excluding hydrogens is 383 g/mol. The van der Waals surface area contributed by atoms with E-state index in [1.165, 1.54) is 18.2 Å². The lowest BCUT2D eigenvalue weighted by atomic mass is 10.0. The number of halogens is 1. The maximum Gasteiger partial charge on any atom is 0.262 e. The number of hydrogen-bond acceptors (Lipinski definition) is 3. The molecule has 1 unspecified atom stereocenters. The molecule has 0 saturated heterocycles. The van der Waals surface area contributed by atoms with Gasteiger partial charge in [0.2, 0.25) is 0 Å². The number of nitrogens with one attached hydrogen (secondary N) is 2. The van der Waals surface area contributed by atoms with E-state index in [-0.39, 0.29) is 30.0 Å². The molecule has 0 spiro atoms. The van der Waals surface area contributed by atoms with Crippen molar-refractivity contribution in [2.45, 2.75) is 19.9 Å². The SMILES string of the molecule is Cc1ccccc1C(C)NC(=O)c1ccccc1OCC(=O)Nc1ccccc1F. The predicted molar refractivity (Wildman–Crippen MR) is 114 cm³/mol. The average Bonchev–Trinajstić information content (AvgIpc) is 2.74. The number of aryl methyl sites for hydroxylation is 1. The maximum atomic E-state index is 13.7. The van der Waals surface area contributed by atoms with E-state index in [2.05, 4.69) is 10.6 Å². The lowest BCUT2D eigenvalue weighted by Crippen LogP contribution is -2.28. The zero-order valence-electron chi connectivity index (χ0n) is 16.8. The van der Waals surface area contributed by atoms with Crippen molar-refractivity contribution in [3.8, 4) is 5.75 Å². The van der Waals surface area contributed by atoms with Crippen molar-refractivity contribution in [2.24, 2.45) is 0 Å². The average molecular weight is 406 g/mol. The van der Waals surface area contributed by atoms with Crippen molar-refractivity contribution in [3.63, 3.8) is 0 Å². The smallest absolute Gasteiger partial charge is 0.262 e. The number of benzene rings is 3. The van der Waals surface area contributed by atoms with Crippen LogP contribution in [0.25, 0.3) is 0 Å². The van der Waals surface area contributed by atoms with Gasteiger partial charge in [-0.3, -0.25) is 9.59 Å². The van der Waals surface area contributed by atoms with Gasteiger partial charge in [0, 0.05) is 0 Å². The minimum atomic E-state index is -0.532. The van der Waals surface area contributed by atoms with Gasteiger partial charge in [0.1, 0.15) is 11.6 Å². The first-order chi connectivity index (χ1) is 14.5. The zero-order valence-corrected chi connectivity index (χ0v) is 16.8. The second kappa shape index (κ2) is 9.69. The Bertz CT molecular complexity index is 1050. The summed E-state index contributed by atoms with van der Waals surface area (Å²) in [6.07, 6.45) is 0. The van der Waals surface area contributed by atoms with Gasteiger partial charge in [-0.1, -0.05) is 48.5 Å². The summed E-state index contributed by atoms with van der Waals surface area (Å²) in [6, 6.07) is 20.2. The Balaban J connectivity index is 1.65. The van der Waals surface area contributed by atoms with Crippen LogP contribution in [0, 0.1) is 12.7 Å². The Kier molecular flexibility index (Phi) is 6.80. The van der Waals surface area contributed by atoms with Crippen LogP contribution in [0.1, 0.15) is 34.5 Å². The fourth-order valence-electron chi connectivity index (χ4n) is 3.10. The third-order valence-corrected chi connectivity index (χ3v) is 4.64. The minimum absolute atomic E-state index is 0.0733. The van der Waals surface area contributed by atoms with E-state index in [4.69, 9.17) is 4.74 Å². The summed E-state index contributed by atoms with van der Waals surface area (Å²) < 4.78 is 19.2. The lowest BCUT2D eigenvalue weighted by Gasteiger charge is -2.18. The molecule has 0 bridgehead atoms. The van der Waals surface area contributed by atoms with Gasteiger partial charge in [0.25, 0.3) is 11.8 Å². The Morgan fingerprint density at radius 3 is 2.40 bits per heavy atom. The standard InChI is InChI=1S/C24H23FN2O3/c1-16-9-3-4-10-18(16)17(2)26-24(29)19-11-5-8-14-22(19)30-15-23(28)27-21-13-7-6-12-20(21)25/h3-14,17H,15H2,1-2H3,(H,26,29)(H,27,28). The molecule has 2 N–H and O–H groups in total. The molecule has 154 valence electrons. The van der Waals surface area contributed by atoms with E-state index in [0.29, 0.717) is 5.56 Å².